The fourth-order valence-electron chi connectivity index (χ4n) is 1.49. The monoisotopic (exact) mass is 304 g/mol. The Hall–Kier alpha value is -1.87. The predicted molar refractivity (Wildman–Crippen MR) is 70.1 cm³/mol. The number of carbonyl (C=O) groups excluding carboxylic acids is 1. The minimum Gasteiger partial charge on any atom is -0.478 e. The largest absolute Gasteiger partial charge is 0.478 e. The fraction of sp³-hybridized carbons (Fsp3) is 0.455. The van der Waals surface area contributed by atoms with Crippen LogP contribution in [0.5, 0.6) is 0 Å². The van der Waals surface area contributed by atoms with Crippen molar-refractivity contribution in [2.45, 2.75) is 19.4 Å². The van der Waals surface area contributed by atoms with Crippen molar-refractivity contribution in [3.8, 4) is 0 Å². The molecule has 1 amide bonds. The minimum atomic E-state index is -3.40. The smallest absolute Gasteiger partial charge is 0.338 e. The number of hydrogen-bond acceptors (Lipinski definition) is 5. The molecule has 20 heavy (non-hydrogen) atoms. The van der Waals surface area contributed by atoms with E-state index in [4.69, 9.17) is 9.52 Å². The number of furan rings is 1. The summed E-state index contributed by atoms with van der Waals surface area (Å²) in [6, 6.07) is 1.09. The number of carboxylic acid groups (broad SMARTS) is 1. The van der Waals surface area contributed by atoms with Crippen LogP contribution in [0.3, 0.4) is 0 Å². The Morgan fingerprint density at radius 3 is 2.45 bits per heavy atom. The second kappa shape index (κ2) is 5.63. The van der Waals surface area contributed by atoms with Crippen LogP contribution in [-0.4, -0.2) is 43.7 Å². The summed E-state index contributed by atoms with van der Waals surface area (Å²) in [6.07, 6.45) is 1.97. The van der Waals surface area contributed by atoms with E-state index < -0.39 is 27.4 Å². The van der Waals surface area contributed by atoms with E-state index in [1.807, 2.05) is 0 Å². The molecule has 0 aliphatic rings. The highest BCUT2D eigenvalue weighted by Gasteiger charge is 2.24. The first-order chi connectivity index (χ1) is 9.00. The van der Waals surface area contributed by atoms with Crippen LogP contribution in [0.1, 0.15) is 34.8 Å². The van der Waals surface area contributed by atoms with Crippen molar-refractivity contribution in [2.24, 2.45) is 0 Å². The average molecular weight is 304 g/mol. The first-order valence-electron chi connectivity index (χ1n) is 5.59. The number of nitrogens with one attached hydrogen (secondary N) is 2. The number of aromatic carboxylic acids is 1. The van der Waals surface area contributed by atoms with Crippen molar-refractivity contribution < 1.29 is 27.5 Å². The predicted octanol–water partition coefficient (Wildman–Crippen LogP) is 0.0354. The molecule has 3 N–H and O–H groups in total. The van der Waals surface area contributed by atoms with Crippen LogP contribution >= 0.6 is 0 Å². The standard InChI is InChI=1S/C11H16N2O6S/c1-11(2,13-20(3,17)18)6-12-9(14)8-4-7(5-19-8)10(15)16/h4-5,13H,6H2,1-3H3,(H,12,14)(H,15,16). The Bertz CT molecular complexity index is 617. The lowest BCUT2D eigenvalue weighted by molar-refractivity contribution is 0.0695. The van der Waals surface area contributed by atoms with Gasteiger partial charge in [-0.1, -0.05) is 0 Å². The Kier molecular flexibility index (Phi) is 4.56. The molecule has 0 saturated carbocycles. The van der Waals surface area contributed by atoms with Crippen LogP contribution in [0.4, 0.5) is 0 Å². The zero-order valence-corrected chi connectivity index (χ0v) is 12.1. The third kappa shape index (κ3) is 5.02. The molecule has 112 valence electrons. The number of hydrogen-bond donors (Lipinski definition) is 3. The van der Waals surface area contributed by atoms with E-state index in [1.165, 1.54) is 0 Å². The molecular formula is C11H16N2O6S. The molecule has 8 nitrogen and oxygen atoms in total. The summed E-state index contributed by atoms with van der Waals surface area (Å²) in [5, 5.41) is 11.2. The van der Waals surface area contributed by atoms with Gasteiger partial charge in [-0.25, -0.2) is 17.9 Å². The van der Waals surface area contributed by atoms with Gasteiger partial charge in [-0.3, -0.25) is 4.79 Å². The molecule has 0 saturated heterocycles. The molecule has 1 aromatic rings. The quantitative estimate of drug-likeness (QED) is 0.681. The maximum absolute atomic E-state index is 11.7. The second-order valence-electron chi connectivity index (χ2n) is 4.95. The summed E-state index contributed by atoms with van der Waals surface area (Å²) in [7, 11) is -3.40. The maximum Gasteiger partial charge on any atom is 0.338 e. The first kappa shape index (κ1) is 16.2. The molecule has 1 heterocycles. The van der Waals surface area contributed by atoms with Gasteiger partial charge in [0.05, 0.1) is 11.8 Å². The van der Waals surface area contributed by atoms with Crippen molar-refractivity contribution >= 4 is 21.9 Å². The summed E-state index contributed by atoms with van der Waals surface area (Å²) >= 11 is 0. The third-order valence-electron chi connectivity index (χ3n) is 2.22. The highest BCUT2D eigenvalue weighted by atomic mass is 32.2. The summed E-state index contributed by atoms with van der Waals surface area (Å²) < 4.78 is 29.4. The number of rotatable bonds is 6. The lowest BCUT2D eigenvalue weighted by atomic mass is 10.1. The normalized spacial score (nSPS) is 12.2. The molecule has 0 aromatic carbocycles. The molecule has 0 unspecified atom stereocenters. The van der Waals surface area contributed by atoms with Crippen LogP contribution < -0.4 is 10.0 Å². The lowest BCUT2D eigenvalue weighted by Gasteiger charge is -2.24. The molecular weight excluding hydrogens is 288 g/mol. The SMILES string of the molecule is CC(C)(CNC(=O)c1cc(C(=O)O)co1)NS(C)(=O)=O. The molecule has 0 radical (unpaired) electrons. The van der Waals surface area contributed by atoms with E-state index in [1.54, 1.807) is 13.8 Å². The van der Waals surface area contributed by atoms with E-state index in [0.717, 1.165) is 18.6 Å². The molecule has 0 aliphatic carbocycles. The topological polar surface area (TPSA) is 126 Å². The number of sulfonamides is 1. The number of amides is 1. The van der Waals surface area contributed by atoms with Crippen molar-refractivity contribution in [3.05, 3.63) is 23.7 Å². The second-order valence-corrected chi connectivity index (χ2v) is 6.69. The first-order valence-corrected chi connectivity index (χ1v) is 7.48. The fourth-order valence-corrected chi connectivity index (χ4v) is 2.57. The molecule has 0 fully saturated rings. The van der Waals surface area contributed by atoms with E-state index in [2.05, 4.69) is 10.0 Å². The third-order valence-corrected chi connectivity index (χ3v) is 3.15. The molecule has 0 bridgehead atoms. The molecule has 0 spiro atoms. The van der Waals surface area contributed by atoms with E-state index in [-0.39, 0.29) is 17.9 Å². The van der Waals surface area contributed by atoms with Gasteiger partial charge in [0.15, 0.2) is 5.76 Å². The van der Waals surface area contributed by atoms with Gasteiger partial charge in [0.25, 0.3) is 5.91 Å². The summed E-state index contributed by atoms with van der Waals surface area (Å²) in [4.78, 5) is 22.4. The summed E-state index contributed by atoms with van der Waals surface area (Å²) in [5.74, 6) is -1.98. The van der Waals surface area contributed by atoms with E-state index in [0.29, 0.717) is 0 Å². The van der Waals surface area contributed by atoms with E-state index >= 15 is 0 Å². The Balaban J connectivity index is 2.64. The van der Waals surface area contributed by atoms with Crippen LogP contribution in [0, 0.1) is 0 Å². The van der Waals surface area contributed by atoms with Crippen molar-refractivity contribution in [1.82, 2.24) is 10.0 Å². The molecule has 1 aromatic heterocycles. The van der Waals surface area contributed by atoms with Gasteiger partial charge in [-0.15, -0.1) is 0 Å². The Morgan fingerprint density at radius 1 is 1.40 bits per heavy atom. The molecule has 1 rings (SSSR count). The lowest BCUT2D eigenvalue weighted by Crippen LogP contribution is -2.50. The van der Waals surface area contributed by atoms with Crippen LogP contribution in [0.15, 0.2) is 16.7 Å². The van der Waals surface area contributed by atoms with Crippen LogP contribution in [0.2, 0.25) is 0 Å². The van der Waals surface area contributed by atoms with Gasteiger partial charge in [-0.2, -0.15) is 0 Å². The Morgan fingerprint density at radius 2 is 2.00 bits per heavy atom. The van der Waals surface area contributed by atoms with Gasteiger partial charge in [0.2, 0.25) is 10.0 Å². The van der Waals surface area contributed by atoms with Crippen LogP contribution in [0.25, 0.3) is 0 Å². The maximum atomic E-state index is 11.7. The zero-order valence-electron chi connectivity index (χ0n) is 11.3. The average Bonchev–Trinajstić information content (AvgIpc) is 2.71. The summed E-state index contributed by atoms with van der Waals surface area (Å²) in [6.45, 7) is 3.21. The van der Waals surface area contributed by atoms with Gasteiger partial charge in [0.1, 0.15) is 6.26 Å². The van der Waals surface area contributed by atoms with Gasteiger partial charge in [-0.05, 0) is 13.8 Å². The Labute approximate surface area is 116 Å². The molecule has 9 heteroatoms. The highest BCUT2D eigenvalue weighted by Crippen LogP contribution is 2.08. The summed E-state index contributed by atoms with van der Waals surface area (Å²) in [5.41, 5.74) is -1.02. The molecule has 0 aliphatic heterocycles. The van der Waals surface area contributed by atoms with Crippen molar-refractivity contribution in [1.29, 1.82) is 0 Å². The number of carboxylic acids is 1. The van der Waals surface area contributed by atoms with Gasteiger partial charge < -0.3 is 14.8 Å². The number of carbonyl (C=O) groups is 2. The van der Waals surface area contributed by atoms with E-state index in [9.17, 15) is 18.0 Å². The van der Waals surface area contributed by atoms with Crippen molar-refractivity contribution in [3.63, 3.8) is 0 Å². The zero-order chi connectivity index (χ0) is 15.6. The minimum absolute atomic E-state index is 0.0159. The van der Waals surface area contributed by atoms with Gasteiger partial charge in [0, 0.05) is 18.2 Å². The van der Waals surface area contributed by atoms with Gasteiger partial charge >= 0.3 is 5.97 Å². The molecule has 0 atom stereocenters. The van der Waals surface area contributed by atoms with Crippen molar-refractivity contribution in [2.75, 3.05) is 12.8 Å². The highest BCUT2D eigenvalue weighted by molar-refractivity contribution is 7.88. The van der Waals surface area contributed by atoms with Crippen LogP contribution in [-0.2, 0) is 10.0 Å².